The van der Waals surface area contributed by atoms with Crippen LogP contribution in [0.5, 0.6) is 0 Å². The van der Waals surface area contributed by atoms with Crippen molar-refractivity contribution in [3.8, 4) is 0 Å². The molecule has 9 heavy (non-hydrogen) atoms. The summed E-state index contributed by atoms with van der Waals surface area (Å²) >= 11 is 0. The molecule has 4 nitrogen and oxygen atoms in total. The summed E-state index contributed by atoms with van der Waals surface area (Å²) < 4.78 is 4.71. The minimum absolute atomic E-state index is 0.0876. The zero-order chi connectivity index (χ0) is 7.11. The van der Waals surface area contributed by atoms with Gasteiger partial charge in [0.25, 0.3) is 0 Å². The van der Waals surface area contributed by atoms with Gasteiger partial charge in [-0.25, -0.2) is 0 Å². The zero-order valence-electron chi connectivity index (χ0n) is 5.31. The SMILES string of the molecule is CCOC(=N)CNC=O. The van der Waals surface area contributed by atoms with Crippen LogP contribution in [0, 0.1) is 5.41 Å². The Kier molecular flexibility index (Phi) is 4.49. The lowest BCUT2D eigenvalue weighted by Crippen LogP contribution is -2.22. The Hall–Kier alpha value is -1.06. The Morgan fingerprint density at radius 3 is 3.00 bits per heavy atom. The normalized spacial score (nSPS) is 8.11. The van der Waals surface area contributed by atoms with Crippen molar-refractivity contribution in [3.05, 3.63) is 0 Å². The topological polar surface area (TPSA) is 62.2 Å². The van der Waals surface area contributed by atoms with Gasteiger partial charge in [-0.15, -0.1) is 0 Å². The van der Waals surface area contributed by atoms with Gasteiger partial charge in [0, 0.05) is 0 Å². The molecule has 1 amide bonds. The Labute approximate surface area is 53.7 Å². The van der Waals surface area contributed by atoms with Gasteiger partial charge in [0.2, 0.25) is 6.41 Å². The van der Waals surface area contributed by atoms with Crippen molar-refractivity contribution in [1.82, 2.24) is 5.32 Å². The van der Waals surface area contributed by atoms with E-state index in [2.05, 4.69) is 5.32 Å². The first-order valence-corrected chi connectivity index (χ1v) is 2.68. The number of hydrogen-bond donors (Lipinski definition) is 2. The van der Waals surface area contributed by atoms with Crippen molar-refractivity contribution >= 4 is 12.3 Å². The molecule has 0 aliphatic heterocycles. The molecule has 0 atom stereocenters. The van der Waals surface area contributed by atoms with E-state index in [1.54, 1.807) is 6.92 Å². The van der Waals surface area contributed by atoms with Crippen molar-refractivity contribution in [3.63, 3.8) is 0 Å². The molecule has 0 heterocycles. The summed E-state index contributed by atoms with van der Waals surface area (Å²) in [7, 11) is 0. The van der Waals surface area contributed by atoms with Gasteiger partial charge >= 0.3 is 0 Å². The van der Waals surface area contributed by atoms with Crippen LogP contribution in [0.15, 0.2) is 0 Å². The molecule has 0 saturated carbocycles. The van der Waals surface area contributed by atoms with E-state index in [1.165, 1.54) is 0 Å². The summed E-state index contributed by atoms with van der Waals surface area (Å²) in [5.74, 6) is 0.0876. The quantitative estimate of drug-likeness (QED) is 0.313. The monoisotopic (exact) mass is 130 g/mol. The molecule has 0 fully saturated rings. The fourth-order valence-electron chi connectivity index (χ4n) is 0.360. The van der Waals surface area contributed by atoms with Crippen molar-refractivity contribution in [2.75, 3.05) is 13.2 Å². The summed E-state index contributed by atoms with van der Waals surface area (Å²) in [6.07, 6.45) is 0.535. The Morgan fingerprint density at radius 1 is 1.89 bits per heavy atom. The molecular formula is C5H10N2O2. The van der Waals surface area contributed by atoms with Crippen molar-refractivity contribution < 1.29 is 9.53 Å². The van der Waals surface area contributed by atoms with E-state index in [9.17, 15) is 4.79 Å². The third-order valence-electron chi connectivity index (χ3n) is 0.665. The fourth-order valence-corrected chi connectivity index (χ4v) is 0.360. The highest BCUT2D eigenvalue weighted by Crippen LogP contribution is 1.73. The molecule has 0 aromatic carbocycles. The summed E-state index contributed by atoms with van der Waals surface area (Å²) in [5.41, 5.74) is 0. The number of carbonyl (C=O) groups is 1. The average Bonchev–Trinajstić information content (AvgIpc) is 1.85. The molecule has 4 heteroatoms. The van der Waals surface area contributed by atoms with Crippen molar-refractivity contribution in [2.45, 2.75) is 6.92 Å². The van der Waals surface area contributed by atoms with Crippen LogP contribution in [0.3, 0.4) is 0 Å². The number of amides is 1. The highest BCUT2D eigenvalue weighted by Gasteiger charge is 1.91. The predicted octanol–water partition coefficient (Wildman–Crippen LogP) is -0.254. The molecule has 0 unspecified atom stereocenters. The molecule has 0 aliphatic rings. The van der Waals surface area contributed by atoms with Gasteiger partial charge in [-0.1, -0.05) is 0 Å². The third kappa shape index (κ3) is 4.80. The van der Waals surface area contributed by atoms with Gasteiger partial charge in [0.05, 0.1) is 13.2 Å². The van der Waals surface area contributed by atoms with Crippen molar-refractivity contribution in [1.29, 1.82) is 5.41 Å². The molecule has 0 bridgehead atoms. The predicted molar refractivity (Wildman–Crippen MR) is 33.4 cm³/mol. The first-order chi connectivity index (χ1) is 4.31. The molecule has 0 rings (SSSR count). The standard InChI is InChI=1S/C5H10N2O2/c1-2-9-5(6)3-7-4-8/h4,6H,2-3H2,1H3,(H,7,8). The lowest BCUT2D eigenvalue weighted by molar-refractivity contribution is -0.109. The van der Waals surface area contributed by atoms with Crippen LogP contribution in [0.4, 0.5) is 0 Å². The molecule has 0 aromatic rings. The van der Waals surface area contributed by atoms with E-state index in [1.807, 2.05) is 0 Å². The van der Waals surface area contributed by atoms with Gasteiger partial charge in [-0.05, 0) is 6.92 Å². The molecule has 0 radical (unpaired) electrons. The summed E-state index contributed by atoms with van der Waals surface area (Å²) in [6, 6.07) is 0. The smallest absolute Gasteiger partial charge is 0.207 e. The molecule has 2 N–H and O–H groups in total. The number of rotatable bonds is 4. The van der Waals surface area contributed by atoms with E-state index >= 15 is 0 Å². The van der Waals surface area contributed by atoms with Gasteiger partial charge < -0.3 is 10.1 Å². The second kappa shape index (κ2) is 5.08. The van der Waals surface area contributed by atoms with Gasteiger partial charge in [0.15, 0.2) is 5.90 Å². The molecule has 52 valence electrons. The molecule has 0 spiro atoms. The van der Waals surface area contributed by atoms with E-state index in [4.69, 9.17) is 10.1 Å². The second-order valence-electron chi connectivity index (χ2n) is 1.35. The zero-order valence-corrected chi connectivity index (χ0v) is 5.31. The first-order valence-electron chi connectivity index (χ1n) is 2.68. The molecule has 0 saturated heterocycles. The Bertz CT molecular complexity index is 103. The average molecular weight is 130 g/mol. The highest BCUT2D eigenvalue weighted by atomic mass is 16.5. The number of hydrogen-bond acceptors (Lipinski definition) is 3. The minimum Gasteiger partial charge on any atom is -0.480 e. The Morgan fingerprint density at radius 2 is 2.56 bits per heavy atom. The maximum Gasteiger partial charge on any atom is 0.207 e. The molecule has 0 aromatic heterocycles. The maximum atomic E-state index is 9.65. The van der Waals surface area contributed by atoms with Crippen molar-refractivity contribution in [2.24, 2.45) is 0 Å². The summed E-state index contributed by atoms with van der Waals surface area (Å²) in [5, 5.41) is 9.25. The fraction of sp³-hybridized carbons (Fsp3) is 0.600. The van der Waals surface area contributed by atoms with E-state index in [0.29, 0.717) is 13.0 Å². The third-order valence-corrected chi connectivity index (χ3v) is 0.665. The van der Waals surface area contributed by atoms with E-state index in [-0.39, 0.29) is 12.4 Å². The van der Waals surface area contributed by atoms with Crippen LogP contribution in [-0.4, -0.2) is 25.5 Å². The lowest BCUT2D eigenvalue weighted by atomic mass is 10.6. The van der Waals surface area contributed by atoms with Crippen LogP contribution in [-0.2, 0) is 9.53 Å². The van der Waals surface area contributed by atoms with Crippen LogP contribution in [0.25, 0.3) is 0 Å². The number of nitrogens with one attached hydrogen (secondary N) is 2. The van der Waals surface area contributed by atoms with Crippen LogP contribution in [0.2, 0.25) is 0 Å². The number of carbonyl (C=O) groups excluding carboxylic acids is 1. The first kappa shape index (κ1) is 7.94. The molecular weight excluding hydrogens is 120 g/mol. The number of ether oxygens (including phenoxy) is 1. The highest BCUT2D eigenvalue weighted by molar-refractivity contribution is 5.76. The van der Waals surface area contributed by atoms with E-state index in [0.717, 1.165) is 0 Å². The molecule has 0 aliphatic carbocycles. The van der Waals surface area contributed by atoms with Crippen LogP contribution in [0.1, 0.15) is 6.92 Å². The van der Waals surface area contributed by atoms with Gasteiger partial charge in [-0.3, -0.25) is 10.2 Å². The lowest BCUT2D eigenvalue weighted by Gasteiger charge is -2.01. The van der Waals surface area contributed by atoms with Crippen LogP contribution < -0.4 is 5.32 Å². The summed E-state index contributed by atoms with van der Waals surface area (Å²) in [4.78, 5) is 9.65. The maximum absolute atomic E-state index is 9.65. The Balaban J connectivity index is 3.16. The van der Waals surface area contributed by atoms with Gasteiger partial charge in [0.1, 0.15) is 0 Å². The minimum atomic E-state index is 0.0876. The van der Waals surface area contributed by atoms with Crippen LogP contribution >= 0.6 is 0 Å². The van der Waals surface area contributed by atoms with Gasteiger partial charge in [-0.2, -0.15) is 0 Å². The largest absolute Gasteiger partial charge is 0.480 e. The van der Waals surface area contributed by atoms with E-state index < -0.39 is 0 Å². The second-order valence-corrected chi connectivity index (χ2v) is 1.35. The summed E-state index contributed by atoms with van der Waals surface area (Å²) in [6.45, 7) is 2.44.